The summed E-state index contributed by atoms with van der Waals surface area (Å²) in [5.41, 5.74) is 1.18. The Balaban J connectivity index is 1.49. The molecule has 1 unspecified atom stereocenters. The second-order valence-corrected chi connectivity index (χ2v) is 6.41. The molecule has 3 heterocycles. The zero-order valence-electron chi connectivity index (χ0n) is 11.8. The Morgan fingerprint density at radius 2 is 2.10 bits per heavy atom. The summed E-state index contributed by atoms with van der Waals surface area (Å²) in [6.07, 6.45) is 2.52. The summed E-state index contributed by atoms with van der Waals surface area (Å²) in [6.45, 7) is 7.10. The van der Waals surface area contributed by atoms with Crippen LogP contribution in [0.1, 0.15) is 29.6 Å². The van der Waals surface area contributed by atoms with Gasteiger partial charge in [0.25, 0.3) is 0 Å². The Hall–Kier alpha value is -0.530. The summed E-state index contributed by atoms with van der Waals surface area (Å²) in [5, 5.41) is 12.3. The van der Waals surface area contributed by atoms with Gasteiger partial charge in [0.05, 0.1) is 12.3 Å². The molecular formula is C14H23N3O2S. The van der Waals surface area contributed by atoms with E-state index in [1.165, 1.54) is 5.69 Å². The van der Waals surface area contributed by atoms with Crippen molar-refractivity contribution in [1.82, 2.24) is 14.8 Å². The van der Waals surface area contributed by atoms with Crippen molar-refractivity contribution in [3.8, 4) is 0 Å². The monoisotopic (exact) mass is 297 g/mol. The number of β-amino-alcohol motifs (C(OH)–C–C–N with tert-alkyl or cyclic N) is 1. The zero-order valence-corrected chi connectivity index (χ0v) is 12.6. The van der Waals surface area contributed by atoms with Crippen LogP contribution in [0.3, 0.4) is 0 Å². The van der Waals surface area contributed by atoms with Gasteiger partial charge in [-0.3, -0.25) is 9.80 Å². The molecule has 1 aromatic rings. The number of hydrogen-bond acceptors (Lipinski definition) is 6. The summed E-state index contributed by atoms with van der Waals surface area (Å²) in [6, 6.07) is 0. The first kappa shape index (κ1) is 14.4. The minimum absolute atomic E-state index is 0.246. The summed E-state index contributed by atoms with van der Waals surface area (Å²) in [4.78, 5) is 9.50. The van der Waals surface area contributed by atoms with Gasteiger partial charge in [-0.05, 0) is 12.8 Å². The predicted octanol–water partition coefficient (Wildman–Crippen LogP) is 1.10. The lowest BCUT2D eigenvalue weighted by molar-refractivity contribution is 0.106. The van der Waals surface area contributed by atoms with Crippen molar-refractivity contribution < 1.29 is 9.84 Å². The summed E-state index contributed by atoms with van der Waals surface area (Å²) in [5.74, 6) is 0. The Morgan fingerprint density at radius 3 is 2.80 bits per heavy atom. The van der Waals surface area contributed by atoms with Gasteiger partial charge in [0, 0.05) is 51.3 Å². The lowest BCUT2D eigenvalue weighted by Crippen LogP contribution is -2.46. The van der Waals surface area contributed by atoms with Crippen molar-refractivity contribution in [1.29, 1.82) is 0 Å². The number of piperazine rings is 1. The minimum Gasteiger partial charge on any atom is -0.395 e. The van der Waals surface area contributed by atoms with Gasteiger partial charge in [-0.15, -0.1) is 11.3 Å². The van der Waals surface area contributed by atoms with Gasteiger partial charge in [0.15, 0.2) is 0 Å². The van der Waals surface area contributed by atoms with Gasteiger partial charge in [-0.25, -0.2) is 4.98 Å². The first-order valence-electron chi connectivity index (χ1n) is 7.46. The molecule has 0 saturated carbocycles. The van der Waals surface area contributed by atoms with Crippen LogP contribution >= 0.6 is 11.3 Å². The number of rotatable bonds is 5. The van der Waals surface area contributed by atoms with Crippen LogP contribution in [0.5, 0.6) is 0 Å². The molecule has 1 atom stereocenters. The number of nitrogens with zero attached hydrogens (tertiary/aromatic N) is 3. The smallest absolute Gasteiger partial charge is 0.122 e. The molecular weight excluding hydrogens is 274 g/mol. The van der Waals surface area contributed by atoms with Crippen molar-refractivity contribution in [3.63, 3.8) is 0 Å². The fourth-order valence-electron chi connectivity index (χ4n) is 2.86. The summed E-state index contributed by atoms with van der Waals surface area (Å²) in [7, 11) is 0. The molecule has 0 amide bonds. The second kappa shape index (κ2) is 6.95. The molecule has 1 aromatic heterocycles. The number of thiazole rings is 1. The average Bonchev–Trinajstić information content (AvgIpc) is 3.12. The normalized spacial score (nSPS) is 25.4. The molecule has 1 N–H and O–H groups in total. The third-order valence-electron chi connectivity index (χ3n) is 4.04. The lowest BCUT2D eigenvalue weighted by Gasteiger charge is -2.33. The van der Waals surface area contributed by atoms with E-state index in [1.807, 2.05) is 0 Å². The van der Waals surface area contributed by atoms with Crippen molar-refractivity contribution in [2.75, 3.05) is 45.9 Å². The van der Waals surface area contributed by atoms with Gasteiger partial charge in [-0.1, -0.05) is 0 Å². The fraction of sp³-hybridized carbons (Fsp3) is 0.786. The molecule has 112 valence electrons. The van der Waals surface area contributed by atoms with Crippen molar-refractivity contribution in [2.24, 2.45) is 0 Å². The fourth-order valence-corrected chi connectivity index (χ4v) is 3.75. The first-order chi connectivity index (χ1) is 9.85. The number of hydrogen-bond donors (Lipinski definition) is 1. The molecule has 5 nitrogen and oxygen atoms in total. The van der Waals surface area contributed by atoms with Crippen LogP contribution in [-0.4, -0.2) is 65.8 Å². The number of aliphatic hydroxyl groups is 1. The predicted molar refractivity (Wildman–Crippen MR) is 78.8 cm³/mol. The van der Waals surface area contributed by atoms with E-state index in [0.29, 0.717) is 0 Å². The number of ether oxygens (including phenoxy) is 1. The summed E-state index contributed by atoms with van der Waals surface area (Å²) >= 11 is 1.74. The SMILES string of the molecule is OCCN1CCN(Cc2csc(C3CCCO3)n2)CC1. The van der Waals surface area contributed by atoms with E-state index in [4.69, 9.17) is 14.8 Å². The maximum Gasteiger partial charge on any atom is 0.122 e. The van der Waals surface area contributed by atoms with E-state index in [9.17, 15) is 0 Å². The average molecular weight is 297 g/mol. The third kappa shape index (κ3) is 3.56. The highest BCUT2D eigenvalue weighted by Crippen LogP contribution is 2.30. The van der Waals surface area contributed by atoms with Gasteiger partial charge in [-0.2, -0.15) is 0 Å². The Kier molecular flexibility index (Phi) is 5.01. The highest BCUT2D eigenvalue weighted by molar-refractivity contribution is 7.09. The maximum atomic E-state index is 8.95. The van der Waals surface area contributed by atoms with Crippen LogP contribution in [0, 0.1) is 0 Å². The van der Waals surface area contributed by atoms with E-state index in [0.717, 1.165) is 63.7 Å². The van der Waals surface area contributed by atoms with E-state index >= 15 is 0 Å². The Bertz CT molecular complexity index is 412. The van der Waals surface area contributed by atoms with Crippen LogP contribution < -0.4 is 0 Å². The largest absolute Gasteiger partial charge is 0.395 e. The third-order valence-corrected chi connectivity index (χ3v) is 5.03. The van der Waals surface area contributed by atoms with Crippen molar-refractivity contribution in [2.45, 2.75) is 25.5 Å². The molecule has 2 fully saturated rings. The van der Waals surface area contributed by atoms with Gasteiger partial charge >= 0.3 is 0 Å². The molecule has 6 heteroatoms. The standard InChI is InChI=1S/C14H23N3O2S/c18-8-7-16-3-5-17(6-4-16)10-12-11-20-14(15-12)13-2-1-9-19-13/h11,13,18H,1-10H2. The number of aromatic nitrogens is 1. The van der Waals surface area contributed by atoms with Crippen molar-refractivity contribution >= 4 is 11.3 Å². The van der Waals surface area contributed by atoms with E-state index in [-0.39, 0.29) is 12.7 Å². The van der Waals surface area contributed by atoms with Gasteiger partial charge in [0.2, 0.25) is 0 Å². The zero-order chi connectivity index (χ0) is 13.8. The molecule has 2 aliphatic heterocycles. The van der Waals surface area contributed by atoms with Crippen LogP contribution in [0.25, 0.3) is 0 Å². The molecule has 0 bridgehead atoms. The van der Waals surface area contributed by atoms with Crippen LogP contribution in [0.2, 0.25) is 0 Å². The van der Waals surface area contributed by atoms with Gasteiger partial charge < -0.3 is 9.84 Å². The second-order valence-electron chi connectivity index (χ2n) is 5.52. The minimum atomic E-state index is 0.246. The van der Waals surface area contributed by atoms with E-state index in [2.05, 4.69) is 15.2 Å². The van der Waals surface area contributed by atoms with Gasteiger partial charge in [0.1, 0.15) is 11.1 Å². The quantitative estimate of drug-likeness (QED) is 0.882. The molecule has 0 spiro atoms. The maximum absolute atomic E-state index is 8.95. The number of aliphatic hydroxyl groups excluding tert-OH is 1. The lowest BCUT2D eigenvalue weighted by atomic mass is 10.2. The molecule has 0 aliphatic carbocycles. The van der Waals surface area contributed by atoms with Crippen LogP contribution in [0.4, 0.5) is 0 Å². The van der Waals surface area contributed by atoms with Crippen LogP contribution in [-0.2, 0) is 11.3 Å². The molecule has 0 radical (unpaired) electrons. The molecule has 2 aliphatic rings. The molecule has 2 saturated heterocycles. The highest BCUT2D eigenvalue weighted by Gasteiger charge is 2.22. The van der Waals surface area contributed by atoms with Crippen LogP contribution in [0.15, 0.2) is 5.38 Å². The Morgan fingerprint density at radius 1 is 1.30 bits per heavy atom. The van der Waals surface area contributed by atoms with E-state index in [1.54, 1.807) is 11.3 Å². The Labute approximate surface area is 124 Å². The summed E-state index contributed by atoms with van der Waals surface area (Å²) < 4.78 is 5.69. The molecule has 3 rings (SSSR count). The molecule has 20 heavy (non-hydrogen) atoms. The molecule has 0 aromatic carbocycles. The van der Waals surface area contributed by atoms with E-state index < -0.39 is 0 Å². The topological polar surface area (TPSA) is 48.8 Å². The van der Waals surface area contributed by atoms with Crippen molar-refractivity contribution in [3.05, 3.63) is 16.1 Å². The first-order valence-corrected chi connectivity index (χ1v) is 8.34. The highest BCUT2D eigenvalue weighted by atomic mass is 32.1.